The van der Waals surface area contributed by atoms with Crippen LogP contribution in [-0.4, -0.2) is 16.8 Å². The highest BCUT2D eigenvalue weighted by Gasteiger charge is 2.31. The molecule has 1 aromatic rings. The fraction of sp³-hybridized carbons (Fsp3) is 0.500. The molecule has 0 aromatic heterocycles. The van der Waals surface area contributed by atoms with Gasteiger partial charge in [0.2, 0.25) is 5.91 Å². The van der Waals surface area contributed by atoms with Crippen LogP contribution < -0.4 is 5.32 Å². The van der Waals surface area contributed by atoms with Crippen LogP contribution in [0, 0.1) is 11.8 Å². The van der Waals surface area contributed by atoms with E-state index in [1.54, 1.807) is 24.3 Å². The molecule has 4 nitrogen and oxygen atoms in total. The van der Waals surface area contributed by atoms with E-state index in [9.17, 15) is 14.7 Å². The number of ketones is 1. The van der Waals surface area contributed by atoms with Crippen LogP contribution in [-0.2, 0) is 9.59 Å². The molecule has 1 aliphatic rings. The third kappa shape index (κ3) is 3.25. The minimum Gasteiger partial charge on any atom is -0.388 e. The van der Waals surface area contributed by atoms with Gasteiger partial charge in [-0.1, -0.05) is 26.0 Å². The lowest BCUT2D eigenvalue weighted by atomic mass is 9.93. The number of nitrogens with one attached hydrogen (secondary N) is 1. The number of hydrogen-bond acceptors (Lipinski definition) is 3. The second-order valence-electron chi connectivity index (χ2n) is 5.68. The lowest BCUT2D eigenvalue weighted by molar-refractivity contribution is -0.123. The van der Waals surface area contributed by atoms with Gasteiger partial charge in [0.1, 0.15) is 5.78 Å². The Morgan fingerprint density at radius 3 is 2.45 bits per heavy atom. The standard InChI is InChI=1S/C16H21NO3/c1-10(2)16(20)17-12-8-6-11(7-9-12)15(19)13-4-3-5-14(13)18/h6-10,13,15,19H,3-5H2,1-2H3,(H,17,20). The first kappa shape index (κ1) is 14.7. The van der Waals surface area contributed by atoms with Gasteiger partial charge in [0, 0.05) is 23.9 Å². The molecule has 0 spiro atoms. The number of anilines is 1. The molecule has 1 aromatic carbocycles. The first-order valence-electron chi connectivity index (χ1n) is 7.10. The molecule has 1 aliphatic carbocycles. The van der Waals surface area contributed by atoms with Gasteiger partial charge in [0.05, 0.1) is 6.10 Å². The summed E-state index contributed by atoms with van der Waals surface area (Å²) >= 11 is 0. The first-order chi connectivity index (χ1) is 9.49. The van der Waals surface area contributed by atoms with Crippen LogP contribution in [0.15, 0.2) is 24.3 Å². The number of amides is 1. The lowest BCUT2D eigenvalue weighted by Crippen LogP contribution is -2.18. The molecule has 0 radical (unpaired) electrons. The number of rotatable bonds is 4. The molecule has 20 heavy (non-hydrogen) atoms. The van der Waals surface area contributed by atoms with Crippen molar-refractivity contribution in [2.75, 3.05) is 5.32 Å². The summed E-state index contributed by atoms with van der Waals surface area (Å²) in [6, 6.07) is 7.06. The molecular weight excluding hydrogens is 254 g/mol. The van der Waals surface area contributed by atoms with Crippen LogP contribution in [0.4, 0.5) is 5.69 Å². The Balaban J connectivity index is 2.04. The molecule has 1 saturated carbocycles. The summed E-state index contributed by atoms with van der Waals surface area (Å²) in [5.41, 5.74) is 1.44. The molecular formula is C16H21NO3. The maximum Gasteiger partial charge on any atom is 0.226 e. The summed E-state index contributed by atoms with van der Waals surface area (Å²) in [5, 5.41) is 13.0. The fourth-order valence-electron chi connectivity index (χ4n) is 2.46. The first-order valence-corrected chi connectivity index (χ1v) is 7.10. The molecule has 0 bridgehead atoms. The van der Waals surface area contributed by atoms with E-state index < -0.39 is 6.10 Å². The number of Topliss-reactive ketones (excluding diaryl/α,β-unsaturated/α-hetero) is 1. The molecule has 1 amide bonds. The molecule has 4 heteroatoms. The maximum absolute atomic E-state index is 11.7. The Morgan fingerprint density at radius 2 is 1.95 bits per heavy atom. The quantitative estimate of drug-likeness (QED) is 0.887. The summed E-state index contributed by atoms with van der Waals surface area (Å²) < 4.78 is 0. The van der Waals surface area contributed by atoms with Gasteiger partial charge in [-0.2, -0.15) is 0 Å². The van der Waals surface area contributed by atoms with Gasteiger partial charge in [-0.05, 0) is 30.5 Å². The van der Waals surface area contributed by atoms with Crippen molar-refractivity contribution in [3.8, 4) is 0 Å². The fourth-order valence-corrected chi connectivity index (χ4v) is 2.46. The maximum atomic E-state index is 11.7. The number of carbonyl (C=O) groups excluding carboxylic acids is 2. The zero-order valence-electron chi connectivity index (χ0n) is 11.9. The van der Waals surface area contributed by atoms with E-state index in [1.165, 1.54) is 0 Å². The Bertz CT molecular complexity index is 493. The molecule has 2 rings (SSSR count). The molecule has 2 N–H and O–H groups in total. The van der Waals surface area contributed by atoms with Crippen molar-refractivity contribution in [3.05, 3.63) is 29.8 Å². The van der Waals surface area contributed by atoms with Crippen molar-refractivity contribution in [3.63, 3.8) is 0 Å². The van der Waals surface area contributed by atoms with E-state index in [0.29, 0.717) is 12.1 Å². The SMILES string of the molecule is CC(C)C(=O)Nc1ccc(C(O)C2CCCC2=O)cc1. The van der Waals surface area contributed by atoms with Gasteiger partial charge in [0.15, 0.2) is 0 Å². The van der Waals surface area contributed by atoms with Crippen molar-refractivity contribution in [2.45, 2.75) is 39.2 Å². The van der Waals surface area contributed by atoms with E-state index in [-0.39, 0.29) is 23.5 Å². The van der Waals surface area contributed by atoms with Gasteiger partial charge in [-0.25, -0.2) is 0 Å². The largest absolute Gasteiger partial charge is 0.388 e. The third-order valence-corrected chi connectivity index (χ3v) is 3.78. The van der Waals surface area contributed by atoms with Gasteiger partial charge in [0.25, 0.3) is 0 Å². The second kappa shape index (κ2) is 6.18. The van der Waals surface area contributed by atoms with Crippen LogP contribution in [0.25, 0.3) is 0 Å². The van der Waals surface area contributed by atoms with Crippen LogP contribution >= 0.6 is 0 Å². The third-order valence-electron chi connectivity index (χ3n) is 3.78. The molecule has 1 fully saturated rings. The number of hydrogen-bond donors (Lipinski definition) is 2. The van der Waals surface area contributed by atoms with E-state index in [0.717, 1.165) is 18.4 Å². The van der Waals surface area contributed by atoms with Crippen molar-refractivity contribution < 1.29 is 14.7 Å². The average Bonchev–Trinajstić information content (AvgIpc) is 2.85. The summed E-state index contributed by atoms with van der Waals surface area (Å²) in [6.45, 7) is 3.67. The summed E-state index contributed by atoms with van der Waals surface area (Å²) in [4.78, 5) is 23.2. The van der Waals surface area contributed by atoms with Gasteiger partial charge in [-0.15, -0.1) is 0 Å². The highest BCUT2D eigenvalue weighted by atomic mass is 16.3. The zero-order valence-corrected chi connectivity index (χ0v) is 11.9. The molecule has 0 saturated heterocycles. The topological polar surface area (TPSA) is 66.4 Å². The van der Waals surface area contributed by atoms with Crippen LogP contribution in [0.5, 0.6) is 0 Å². The molecule has 108 valence electrons. The Labute approximate surface area is 119 Å². The van der Waals surface area contributed by atoms with E-state index in [4.69, 9.17) is 0 Å². The number of aliphatic hydroxyl groups is 1. The van der Waals surface area contributed by atoms with Crippen molar-refractivity contribution in [1.29, 1.82) is 0 Å². The van der Waals surface area contributed by atoms with Crippen molar-refractivity contribution in [1.82, 2.24) is 0 Å². The van der Waals surface area contributed by atoms with Crippen molar-refractivity contribution >= 4 is 17.4 Å². The molecule has 2 atom stereocenters. The van der Waals surface area contributed by atoms with Crippen LogP contribution in [0.1, 0.15) is 44.8 Å². The number of aliphatic hydroxyl groups excluding tert-OH is 1. The van der Waals surface area contributed by atoms with Gasteiger partial charge in [-0.3, -0.25) is 9.59 Å². The molecule has 0 aliphatic heterocycles. The normalized spacial score (nSPS) is 20.2. The summed E-state index contributed by atoms with van der Waals surface area (Å²) in [7, 11) is 0. The highest BCUT2D eigenvalue weighted by molar-refractivity contribution is 5.92. The van der Waals surface area contributed by atoms with E-state index in [1.807, 2.05) is 13.8 Å². The van der Waals surface area contributed by atoms with Crippen LogP contribution in [0.2, 0.25) is 0 Å². The zero-order chi connectivity index (χ0) is 14.7. The Morgan fingerprint density at radius 1 is 1.30 bits per heavy atom. The van der Waals surface area contributed by atoms with Crippen molar-refractivity contribution in [2.24, 2.45) is 11.8 Å². The summed E-state index contributed by atoms with van der Waals surface area (Å²) in [6.07, 6.45) is 1.46. The summed E-state index contributed by atoms with van der Waals surface area (Å²) in [5.74, 6) is -0.235. The lowest BCUT2D eigenvalue weighted by Gasteiger charge is -2.17. The minimum absolute atomic E-state index is 0.0377. The highest BCUT2D eigenvalue weighted by Crippen LogP contribution is 2.33. The van der Waals surface area contributed by atoms with E-state index in [2.05, 4.69) is 5.32 Å². The minimum atomic E-state index is -0.736. The predicted octanol–water partition coefficient (Wildman–Crippen LogP) is 2.68. The Kier molecular flexibility index (Phi) is 4.55. The van der Waals surface area contributed by atoms with Gasteiger partial charge < -0.3 is 10.4 Å². The van der Waals surface area contributed by atoms with Crippen LogP contribution in [0.3, 0.4) is 0 Å². The van der Waals surface area contributed by atoms with Gasteiger partial charge >= 0.3 is 0 Å². The number of carbonyl (C=O) groups is 2. The average molecular weight is 275 g/mol. The molecule has 0 heterocycles. The predicted molar refractivity (Wildman–Crippen MR) is 77.2 cm³/mol. The number of benzene rings is 1. The van der Waals surface area contributed by atoms with E-state index >= 15 is 0 Å². The monoisotopic (exact) mass is 275 g/mol. The smallest absolute Gasteiger partial charge is 0.226 e. The Hall–Kier alpha value is -1.68. The second-order valence-corrected chi connectivity index (χ2v) is 5.68. The molecule has 2 unspecified atom stereocenters.